The summed E-state index contributed by atoms with van der Waals surface area (Å²) in [5.74, 6) is -1.36. The number of carbonyl (C=O) groups excluding carboxylic acids is 1. The van der Waals surface area contributed by atoms with Crippen molar-refractivity contribution in [1.29, 1.82) is 0 Å². The maximum absolute atomic E-state index is 13.7. The van der Waals surface area contributed by atoms with E-state index >= 15 is 0 Å². The summed E-state index contributed by atoms with van der Waals surface area (Å²) in [6, 6.07) is 3.25. The van der Waals surface area contributed by atoms with Crippen LogP contribution >= 0.6 is 0 Å². The quantitative estimate of drug-likeness (QED) is 0.581. The second kappa shape index (κ2) is 9.56. The van der Waals surface area contributed by atoms with Crippen molar-refractivity contribution in [2.45, 2.75) is 32.2 Å². The van der Waals surface area contributed by atoms with Gasteiger partial charge in [-0.3, -0.25) is 4.79 Å². The summed E-state index contributed by atoms with van der Waals surface area (Å²) in [6.07, 6.45) is 2.83. The van der Waals surface area contributed by atoms with E-state index in [1.807, 2.05) is 0 Å². The number of carbonyl (C=O) groups is 1. The first-order valence-electron chi connectivity index (χ1n) is 10.0. The molecule has 168 valence electrons. The van der Waals surface area contributed by atoms with E-state index in [4.69, 9.17) is 10.5 Å². The van der Waals surface area contributed by atoms with Gasteiger partial charge < -0.3 is 15.8 Å². The molecule has 0 spiro atoms. The summed E-state index contributed by atoms with van der Waals surface area (Å²) in [7, 11) is -2.31. The summed E-state index contributed by atoms with van der Waals surface area (Å²) in [4.78, 5) is 21.3. The molecule has 11 heteroatoms. The summed E-state index contributed by atoms with van der Waals surface area (Å²) in [6.45, 7) is 3.13. The number of ketones is 1. The highest BCUT2D eigenvalue weighted by atomic mass is 32.2. The van der Waals surface area contributed by atoms with Crippen LogP contribution in [-0.2, 0) is 10.0 Å². The van der Waals surface area contributed by atoms with Gasteiger partial charge in [0.05, 0.1) is 30.0 Å². The van der Waals surface area contributed by atoms with Crippen molar-refractivity contribution in [3.05, 3.63) is 41.3 Å². The molecule has 1 aromatic heterocycles. The summed E-state index contributed by atoms with van der Waals surface area (Å²) in [5, 5.41) is 3.20. The molecular formula is C20H26FN5O4S. The number of nitrogens with one attached hydrogen (secondary N) is 1. The first kappa shape index (κ1) is 22.9. The number of rotatable bonds is 8. The van der Waals surface area contributed by atoms with E-state index in [-0.39, 0.29) is 40.4 Å². The van der Waals surface area contributed by atoms with Crippen molar-refractivity contribution in [2.24, 2.45) is 0 Å². The molecule has 0 aliphatic carbocycles. The number of nitrogens with two attached hydrogens (primary N) is 1. The maximum atomic E-state index is 13.7. The van der Waals surface area contributed by atoms with Crippen molar-refractivity contribution in [3.63, 3.8) is 0 Å². The summed E-state index contributed by atoms with van der Waals surface area (Å²) < 4.78 is 46.0. The summed E-state index contributed by atoms with van der Waals surface area (Å²) >= 11 is 0. The standard InChI is InChI=1S/C20H26FN5O4S/c1-3-10-31(28,29)26(14-6-8-23-9-7-14)20-24-12-16(19(22)25-20)18(27)15-11-13(21)4-5-17(15)30-2/h4-5,11-12,14,23H,3,6-10H2,1-2H3,(H2,22,24,25). The van der Waals surface area contributed by atoms with Crippen LogP contribution in [0, 0.1) is 5.82 Å². The van der Waals surface area contributed by atoms with Gasteiger partial charge in [-0.2, -0.15) is 4.98 Å². The molecule has 1 aliphatic heterocycles. The van der Waals surface area contributed by atoms with Gasteiger partial charge in [0.25, 0.3) is 0 Å². The van der Waals surface area contributed by atoms with Crippen LogP contribution in [0.4, 0.5) is 16.2 Å². The molecule has 0 amide bonds. The Kier molecular flexibility index (Phi) is 7.06. The molecule has 2 heterocycles. The first-order chi connectivity index (χ1) is 14.8. The van der Waals surface area contributed by atoms with Crippen LogP contribution in [-0.4, -0.2) is 56.2 Å². The predicted octanol–water partition coefficient (Wildman–Crippen LogP) is 1.74. The predicted molar refractivity (Wildman–Crippen MR) is 115 cm³/mol. The Morgan fingerprint density at radius 1 is 1.32 bits per heavy atom. The molecule has 0 unspecified atom stereocenters. The van der Waals surface area contributed by atoms with Crippen LogP contribution in [0.2, 0.25) is 0 Å². The highest BCUT2D eigenvalue weighted by Crippen LogP contribution is 2.27. The molecule has 1 fully saturated rings. The van der Waals surface area contributed by atoms with Crippen LogP contribution < -0.4 is 20.1 Å². The van der Waals surface area contributed by atoms with Crippen molar-refractivity contribution in [1.82, 2.24) is 15.3 Å². The van der Waals surface area contributed by atoms with E-state index in [1.165, 1.54) is 29.7 Å². The third-order valence-electron chi connectivity index (χ3n) is 5.06. The Morgan fingerprint density at radius 3 is 2.65 bits per heavy atom. The van der Waals surface area contributed by atoms with E-state index < -0.39 is 21.6 Å². The molecule has 1 aliphatic rings. The minimum Gasteiger partial charge on any atom is -0.496 e. The van der Waals surface area contributed by atoms with E-state index in [0.717, 1.165) is 6.07 Å². The number of nitrogen functional groups attached to an aromatic ring is 1. The lowest BCUT2D eigenvalue weighted by Crippen LogP contribution is -2.48. The smallest absolute Gasteiger partial charge is 0.241 e. The lowest BCUT2D eigenvalue weighted by molar-refractivity contribution is 0.103. The molecule has 1 aromatic carbocycles. The monoisotopic (exact) mass is 451 g/mol. The topological polar surface area (TPSA) is 128 Å². The third kappa shape index (κ3) is 4.93. The van der Waals surface area contributed by atoms with Gasteiger partial charge >= 0.3 is 0 Å². The Balaban J connectivity index is 2.01. The Labute approximate surface area is 180 Å². The number of sulfonamides is 1. The fraction of sp³-hybridized carbons (Fsp3) is 0.450. The number of methoxy groups -OCH3 is 1. The van der Waals surface area contributed by atoms with E-state index in [9.17, 15) is 17.6 Å². The van der Waals surface area contributed by atoms with Crippen molar-refractivity contribution < 1.29 is 22.3 Å². The normalized spacial score (nSPS) is 14.9. The number of ether oxygens (including phenoxy) is 1. The van der Waals surface area contributed by atoms with Crippen molar-refractivity contribution in [3.8, 4) is 5.75 Å². The lowest BCUT2D eigenvalue weighted by Gasteiger charge is -2.33. The first-order valence-corrected chi connectivity index (χ1v) is 11.6. The van der Waals surface area contributed by atoms with Crippen LogP contribution in [0.25, 0.3) is 0 Å². The molecule has 0 atom stereocenters. The Bertz CT molecular complexity index is 1060. The third-order valence-corrected chi connectivity index (χ3v) is 7.04. The number of anilines is 2. The highest BCUT2D eigenvalue weighted by Gasteiger charge is 2.33. The molecule has 0 bridgehead atoms. The van der Waals surface area contributed by atoms with Gasteiger partial charge in [-0.25, -0.2) is 22.1 Å². The number of halogens is 1. The van der Waals surface area contributed by atoms with Crippen LogP contribution in [0.3, 0.4) is 0 Å². The number of piperidine rings is 1. The second-order valence-electron chi connectivity index (χ2n) is 7.24. The Hall–Kier alpha value is -2.79. The second-order valence-corrected chi connectivity index (χ2v) is 9.20. The minimum absolute atomic E-state index is 0.0284. The molecule has 0 radical (unpaired) electrons. The molecule has 0 saturated carbocycles. The lowest BCUT2D eigenvalue weighted by atomic mass is 10.0. The molecule has 3 rings (SSSR count). The fourth-order valence-electron chi connectivity index (χ4n) is 3.58. The average molecular weight is 452 g/mol. The van der Waals surface area contributed by atoms with Gasteiger partial charge in [0.2, 0.25) is 21.8 Å². The van der Waals surface area contributed by atoms with Crippen molar-refractivity contribution in [2.75, 3.05) is 36.0 Å². The van der Waals surface area contributed by atoms with Gasteiger partial charge in [-0.15, -0.1) is 0 Å². The van der Waals surface area contributed by atoms with Crippen LogP contribution in [0.15, 0.2) is 24.4 Å². The van der Waals surface area contributed by atoms with Gasteiger partial charge in [0, 0.05) is 6.20 Å². The summed E-state index contributed by atoms with van der Waals surface area (Å²) in [5.41, 5.74) is 5.94. The molecule has 3 N–H and O–H groups in total. The fourth-order valence-corrected chi connectivity index (χ4v) is 5.30. The number of aromatic nitrogens is 2. The SMILES string of the molecule is CCCS(=O)(=O)N(c1ncc(C(=O)c2cc(F)ccc2OC)c(N)n1)C1CCNCC1. The Morgan fingerprint density at radius 2 is 2.03 bits per heavy atom. The minimum atomic E-state index is -3.67. The molecule has 31 heavy (non-hydrogen) atoms. The number of hydrogen-bond acceptors (Lipinski definition) is 8. The van der Waals surface area contributed by atoms with Gasteiger partial charge in [0.15, 0.2) is 0 Å². The number of nitrogens with zero attached hydrogens (tertiary/aromatic N) is 3. The van der Waals surface area contributed by atoms with E-state index in [2.05, 4.69) is 15.3 Å². The number of benzene rings is 1. The zero-order valence-electron chi connectivity index (χ0n) is 17.5. The zero-order chi connectivity index (χ0) is 22.6. The van der Waals surface area contributed by atoms with Crippen LogP contribution in [0.1, 0.15) is 42.1 Å². The zero-order valence-corrected chi connectivity index (χ0v) is 18.3. The largest absolute Gasteiger partial charge is 0.496 e. The molecule has 9 nitrogen and oxygen atoms in total. The van der Waals surface area contributed by atoms with Gasteiger partial charge in [-0.1, -0.05) is 6.92 Å². The maximum Gasteiger partial charge on any atom is 0.241 e. The molecular weight excluding hydrogens is 425 g/mol. The van der Waals surface area contributed by atoms with E-state index in [1.54, 1.807) is 6.92 Å². The molecule has 1 saturated heterocycles. The molecule has 2 aromatic rings. The van der Waals surface area contributed by atoms with Crippen molar-refractivity contribution >= 4 is 27.6 Å². The van der Waals surface area contributed by atoms with E-state index in [0.29, 0.717) is 32.4 Å². The van der Waals surface area contributed by atoms with Gasteiger partial charge in [-0.05, 0) is 50.6 Å². The number of hydrogen-bond donors (Lipinski definition) is 2. The average Bonchev–Trinajstić information content (AvgIpc) is 2.74. The van der Waals surface area contributed by atoms with Gasteiger partial charge in [0.1, 0.15) is 17.4 Å². The highest BCUT2D eigenvalue weighted by molar-refractivity contribution is 7.92. The van der Waals surface area contributed by atoms with Crippen LogP contribution in [0.5, 0.6) is 5.75 Å².